The van der Waals surface area contributed by atoms with Gasteiger partial charge in [-0.05, 0) is 23.3 Å². The average Bonchev–Trinajstić information content (AvgIpc) is 2.52. The van der Waals surface area contributed by atoms with Gasteiger partial charge in [0.25, 0.3) is 0 Å². The first-order valence-corrected chi connectivity index (χ1v) is 7.01. The fourth-order valence-corrected chi connectivity index (χ4v) is 2.18. The Balaban J connectivity index is 1.53. The summed E-state index contributed by atoms with van der Waals surface area (Å²) < 4.78 is 24.1. The molecule has 1 amide bonds. The van der Waals surface area contributed by atoms with Gasteiger partial charge < -0.3 is 9.47 Å². The average molecular weight is 301 g/mol. The van der Waals surface area contributed by atoms with Gasteiger partial charge in [0.15, 0.2) is 5.67 Å². The molecule has 1 aliphatic rings. The van der Waals surface area contributed by atoms with Gasteiger partial charge in [0, 0.05) is 5.69 Å². The smallest absolute Gasteiger partial charge is 0.411 e. The van der Waals surface area contributed by atoms with Gasteiger partial charge in [0.05, 0.1) is 13.2 Å². The number of hydrogen-bond donors (Lipinski definition) is 1. The van der Waals surface area contributed by atoms with Crippen molar-refractivity contribution < 1.29 is 18.7 Å². The van der Waals surface area contributed by atoms with Crippen molar-refractivity contribution in [2.45, 2.75) is 12.3 Å². The minimum Gasteiger partial charge on any atom is -0.444 e. The van der Waals surface area contributed by atoms with Crippen LogP contribution in [0.3, 0.4) is 0 Å². The highest BCUT2D eigenvalue weighted by atomic mass is 19.1. The molecule has 114 valence electrons. The van der Waals surface area contributed by atoms with E-state index in [1.807, 2.05) is 30.3 Å². The first kappa shape index (κ1) is 14.5. The molecule has 1 heterocycles. The van der Waals surface area contributed by atoms with Gasteiger partial charge in [-0.25, -0.2) is 9.18 Å². The Morgan fingerprint density at radius 3 is 2.41 bits per heavy atom. The second kappa shape index (κ2) is 6.15. The Morgan fingerprint density at radius 2 is 1.82 bits per heavy atom. The summed E-state index contributed by atoms with van der Waals surface area (Å²) in [4.78, 5) is 11.7. The van der Waals surface area contributed by atoms with Crippen LogP contribution < -0.4 is 5.32 Å². The molecule has 0 bridgehead atoms. The van der Waals surface area contributed by atoms with Crippen LogP contribution in [0.5, 0.6) is 0 Å². The van der Waals surface area contributed by atoms with Gasteiger partial charge in [-0.2, -0.15) is 0 Å². The Bertz CT molecular complexity index is 639. The molecule has 1 aliphatic heterocycles. The van der Waals surface area contributed by atoms with E-state index >= 15 is 0 Å². The molecule has 3 rings (SSSR count). The molecule has 0 radical (unpaired) electrons. The first-order chi connectivity index (χ1) is 10.7. The third-order valence-corrected chi connectivity index (χ3v) is 3.52. The zero-order chi connectivity index (χ0) is 15.4. The minimum absolute atomic E-state index is 0.0822. The SMILES string of the molecule is O=C(Nc1ccc(C2(F)COC2)cc1)OCc1ccccc1. The summed E-state index contributed by atoms with van der Waals surface area (Å²) >= 11 is 0. The zero-order valence-corrected chi connectivity index (χ0v) is 11.9. The summed E-state index contributed by atoms with van der Waals surface area (Å²) in [5, 5.41) is 2.61. The maximum absolute atomic E-state index is 14.1. The molecule has 0 aromatic heterocycles. The van der Waals surface area contributed by atoms with Crippen LogP contribution in [-0.4, -0.2) is 19.3 Å². The fraction of sp³-hybridized carbons (Fsp3) is 0.235. The van der Waals surface area contributed by atoms with Crippen molar-refractivity contribution in [1.29, 1.82) is 0 Å². The molecule has 0 spiro atoms. The summed E-state index contributed by atoms with van der Waals surface area (Å²) in [5.74, 6) is 0. The summed E-state index contributed by atoms with van der Waals surface area (Å²) in [5.41, 5.74) is 0.636. The lowest BCUT2D eigenvalue weighted by molar-refractivity contribution is -0.135. The molecule has 2 aromatic rings. The summed E-state index contributed by atoms with van der Waals surface area (Å²) in [6.45, 7) is 0.369. The Morgan fingerprint density at radius 1 is 1.14 bits per heavy atom. The number of carbonyl (C=O) groups is 1. The van der Waals surface area contributed by atoms with Gasteiger partial charge in [0.2, 0.25) is 0 Å². The first-order valence-electron chi connectivity index (χ1n) is 7.01. The van der Waals surface area contributed by atoms with Crippen molar-refractivity contribution >= 4 is 11.8 Å². The van der Waals surface area contributed by atoms with Gasteiger partial charge in [-0.3, -0.25) is 5.32 Å². The number of rotatable bonds is 4. The van der Waals surface area contributed by atoms with E-state index < -0.39 is 11.8 Å². The third-order valence-electron chi connectivity index (χ3n) is 3.52. The van der Waals surface area contributed by atoms with Crippen molar-refractivity contribution in [2.75, 3.05) is 18.5 Å². The molecule has 0 atom stereocenters. The Kier molecular flexibility index (Phi) is 4.06. The standard InChI is InChI=1S/C17H16FNO3/c18-17(11-21-12-17)14-6-8-15(9-7-14)19-16(20)22-10-13-4-2-1-3-5-13/h1-9H,10-12H2,(H,19,20). The van der Waals surface area contributed by atoms with Crippen LogP contribution >= 0.6 is 0 Å². The van der Waals surface area contributed by atoms with E-state index in [1.54, 1.807) is 24.3 Å². The van der Waals surface area contributed by atoms with E-state index in [4.69, 9.17) is 9.47 Å². The van der Waals surface area contributed by atoms with Crippen LogP contribution in [0, 0.1) is 0 Å². The zero-order valence-electron chi connectivity index (χ0n) is 11.9. The van der Waals surface area contributed by atoms with E-state index in [-0.39, 0.29) is 19.8 Å². The quantitative estimate of drug-likeness (QED) is 0.938. The lowest BCUT2D eigenvalue weighted by Crippen LogP contribution is -2.42. The lowest BCUT2D eigenvalue weighted by Gasteiger charge is -2.34. The van der Waals surface area contributed by atoms with E-state index in [0.717, 1.165) is 5.56 Å². The van der Waals surface area contributed by atoms with E-state index in [9.17, 15) is 9.18 Å². The number of carbonyl (C=O) groups excluding carboxylic acids is 1. The molecule has 1 saturated heterocycles. The van der Waals surface area contributed by atoms with Crippen LogP contribution in [0.25, 0.3) is 0 Å². The predicted molar refractivity (Wildman–Crippen MR) is 80.3 cm³/mol. The predicted octanol–water partition coefficient (Wildman–Crippen LogP) is 3.63. The molecule has 0 saturated carbocycles. The number of benzene rings is 2. The maximum atomic E-state index is 14.1. The Hall–Kier alpha value is -2.40. The lowest BCUT2D eigenvalue weighted by atomic mass is 9.94. The molecule has 5 heteroatoms. The number of nitrogens with one attached hydrogen (secondary N) is 1. The molecule has 0 unspecified atom stereocenters. The second-order valence-electron chi connectivity index (χ2n) is 5.22. The van der Waals surface area contributed by atoms with Gasteiger partial charge in [0.1, 0.15) is 6.61 Å². The van der Waals surface area contributed by atoms with Gasteiger partial charge in [-0.1, -0.05) is 42.5 Å². The highest BCUT2D eigenvalue weighted by Gasteiger charge is 2.40. The molecule has 4 nitrogen and oxygen atoms in total. The highest BCUT2D eigenvalue weighted by molar-refractivity contribution is 5.84. The van der Waals surface area contributed by atoms with E-state index in [1.165, 1.54) is 0 Å². The van der Waals surface area contributed by atoms with E-state index in [2.05, 4.69) is 5.32 Å². The normalized spacial score (nSPS) is 15.7. The minimum atomic E-state index is -1.40. The molecular formula is C17H16FNO3. The summed E-state index contributed by atoms with van der Waals surface area (Å²) in [6, 6.07) is 16.0. The highest BCUT2D eigenvalue weighted by Crippen LogP contribution is 2.34. The molecular weight excluding hydrogens is 285 g/mol. The van der Waals surface area contributed by atoms with E-state index in [0.29, 0.717) is 11.3 Å². The van der Waals surface area contributed by atoms with Crippen molar-refractivity contribution in [3.63, 3.8) is 0 Å². The third kappa shape index (κ3) is 3.26. The van der Waals surface area contributed by atoms with Gasteiger partial charge >= 0.3 is 6.09 Å². The van der Waals surface area contributed by atoms with Crippen LogP contribution in [0.2, 0.25) is 0 Å². The topological polar surface area (TPSA) is 47.6 Å². The number of hydrogen-bond acceptors (Lipinski definition) is 3. The van der Waals surface area contributed by atoms with Crippen LogP contribution in [0.1, 0.15) is 11.1 Å². The van der Waals surface area contributed by atoms with Crippen LogP contribution in [0.4, 0.5) is 14.9 Å². The Labute approximate surface area is 127 Å². The second-order valence-corrected chi connectivity index (χ2v) is 5.22. The monoisotopic (exact) mass is 301 g/mol. The van der Waals surface area contributed by atoms with Crippen LogP contribution in [-0.2, 0) is 21.7 Å². The molecule has 2 aromatic carbocycles. The summed E-state index contributed by atoms with van der Waals surface area (Å²) in [6.07, 6.45) is -0.543. The molecule has 0 aliphatic carbocycles. The van der Waals surface area contributed by atoms with Crippen molar-refractivity contribution in [3.05, 3.63) is 65.7 Å². The molecule has 22 heavy (non-hydrogen) atoms. The number of anilines is 1. The number of halogens is 1. The number of ether oxygens (including phenoxy) is 2. The van der Waals surface area contributed by atoms with Crippen molar-refractivity contribution in [3.8, 4) is 0 Å². The van der Waals surface area contributed by atoms with Crippen molar-refractivity contribution in [1.82, 2.24) is 0 Å². The molecule has 1 fully saturated rings. The van der Waals surface area contributed by atoms with Crippen molar-refractivity contribution in [2.24, 2.45) is 0 Å². The summed E-state index contributed by atoms with van der Waals surface area (Å²) in [7, 11) is 0. The van der Waals surface area contributed by atoms with Gasteiger partial charge in [-0.15, -0.1) is 0 Å². The fourth-order valence-electron chi connectivity index (χ4n) is 2.18. The molecule has 1 N–H and O–H groups in total. The largest absolute Gasteiger partial charge is 0.444 e. The van der Waals surface area contributed by atoms with Crippen LogP contribution in [0.15, 0.2) is 54.6 Å². The number of amides is 1. The number of alkyl halides is 1. The maximum Gasteiger partial charge on any atom is 0.411 e.